The third-order valence-corrected chi connectivity index (χ3v) is 13.7. The summed E-state index contributed by atoms with van der Waals surface area (Å²) in [5, 5.41) is 31.5. The van der Waals surface area contributed by atoms with Crippen LogP contribution in [0, 0.1) is 0 Å². The quantitative estimate of drug-likeness (QED) is 0.0228. The van der Waals surface area contributed by atoms with E-state index in [1.807, 2.05) is 0 Å². The summed E-state index contributed by atoms with van der Waals surface area (Å²) in [6.07, 6.45) is 54.3. The normalized spacial score (nSPS) is 18.5. The zero-order chi connectivity index (χ0) is 56.1. The number of hydrogen-bond donors (Lipinski definition) is 3. The topological polar surface area (TPSA) is 175 Å². The van der Waals surface area contributed by atoms with Crippen LogP contribution in [0.2, 0.25) is 0 Å². The predicted octanol–water partition coefficient (Wildman–Crippen LogP) is 16.1. The molecule has 0 aromatic rings. The Morgan fingerprint density at radius 2 is 0.805 bits per heavy atom. The molecule has 1 fully saturated rings. The summed E-state index contributed by atoms with van der Waals surface area (Å²) in [4.78, 5) is 51.2. The van der Waals surface area contributed by atoms with Gasteiger partial charge in [-0.3, -0.25) is 14.4 Å². The zero-order valence-corrected chi connectivity index (χ0v) is 48.7. The van der Waals surface area contributed by atoms with Crippen molar-refractivity contribution in [2.24, 2.45) is 0 Å². The Kier molecular flexibility index (Phi) is 48.8. The molecule has 0 aromatic heterocycles. The van der Waals surface area contributed by atoms with E-state index in [0.717, 1.165) is 141 Å². The van der Waals surface area contributed by atoms with E-state index in [4.69, 9.17) is 23.7 Å². The summed E-state index contributed by atoms with van der Waals surface area (Å²) in [7, 11) is 0. The smallest absolute Gasteiger partial charge is 0.335 e. The molecule has 1 aliphatic heterocycles. The van der Waals surface area contributed by atoms with Crippen LogP contribution in [-0.2, 0) is 42.9 Å². The van der Waals surface area contributed by atoms with E-state index >= 15 is 0 Å². The average Bonchev–Trinajstić information content (AvgIpc) is 3.42. The first kappa shape index (κ1) is 71.2. The van der Waals surface area contributed by atoms with Crippen LogP contribution >= 0.6 is 0 Å². The van der Waals surface area contributed by atoms with Gasteiger partial charge in [-0.05, 0) is 109 Å². The van der Waals surface area contributed by atoms with Crippen molar-refractivity contribution in [2.75, 3.05) is 13.2 Å². The highest BCUT2D eigenvalue weighted by molar-refractivity contribution is 5.74. The molecule has 12 heteroatoms. The Labute approximate surface area is 468 Å². The molecule has 6 atom stereocenters. The first-order chi connectivity index (χ1) is 37.6. The molecule has 0 aliphatic carbocycles. The van der Waals surface area contributed by atoms with Gasteiger partial charge in [0.25, 0.3) is 0 Å². The third kappa shape index (κ3) is 42.7. The maximum atomic E-state index is 13.1. The van der Waals surface area contributed by atoms with Gasteiger partial charge >= 0.3 is 23.9 Å². The Morgan fingerprint density at radius 1 is 0.429 bits per heavy atom. The van der Waals surface area contributed by atoms with Crippen LogP contribution in [0.1, 0.15) is 265 Å². The number of carbonyl (C=O) groups is 4. The van der Waals surface area contributed by atoms with E-state index < -0.39 is 67.3 Å². The van der Waals surface area contributed by atoms with Gasteiger partial charge < -0.3 is 39.0 Å². The maximum absolute atomic E-state index is 13.1. The number of allylic oxidation sites excluding steroid dienone is 12. The van der Waals surface area contributed by atoms with Crippen LogP contribution in [0.4, 0.5) is 0 Å². The Hall–Kier alpha value is -3.84. The van der Waals surface area contributed by atoms with E-state index in [0.29, 0.717) is 19.3 Å². The molecule has 1 heterocycles. The molecule has 1 rings (SSSR count). The minimum Gasteiger partial charge on any atom is -0.479 e. The molecule has 0 radical (unpaired) electrons. The van der Waals surface area contributed by atoms with E-state index in [9.17, 15) is 34.5 Å². The second kappa shape index (κ2) is 52.8. The van der Waals surface area contributed by atoms with Crippen LogP contribution in [0.3, 0.4) is 0 Å². The first-order valence-corrected chi connectivity index (χ1v) is 30.9. The van der Waals surface area contributed by atoms with Crippen LogP contribution in [0.15, 0.2) is 72.9 Å². The van der Waals surface area contributed by atoms with Crippen molar-refractivity contribution >= 4 is 23.9 Å². The van der Waals surface area contributed by atoms with Crippen LogP contribution < -0.4 is 0 Å². The molecule has 12 nitrogen and oxygen atoms in total. The summed E-state index contributed by atoms with van der Waals surface area (Å²) < 4.78 is 28.4. The van der Waals surface area contributed by atoms with Gasteiger partial charge in [-0.1, -0.05) is 209 Å². The first-order valence-electron chi connectivity index (χ1n) is 30.9. The zero-order valence-electron chi connectivity index (χ0n) is 48.7. The molecule has 0 aromatic carbocycles. The molecule has 77 heavy (non-hydrogen) atoms. The van der Waals surface area contributed by atoms with Crippen LogP contribution in [0.5, 0.6) is 0 Å². The van der Waals surface area contributed by atoms with Gasteiger partial charge in [0, 0.05) is 19.3 Å². The number of hydrogen-bond acceptors (Lipinski definition) is 11. The lowest BCUT2D eigenvalue weighted by Gasteiger charge is -2.40. The molecular weight excluding hydrogens is 973 g/mol. The molecule has 1 aliphatic rings. The molecule has 3 N–H and O–H groups in total. The number of rotatable bonds is 52. The SMILES string of the molecule is CCC/C=C\C/C=C\CCCCCCCC(=O)OC(COC(=O)CCCCCCC/C=C\CCCCCCCC)COC1OC(C(=O)O)C(O)C(O)C1OC(=O)CCCCCCCC/C=C\C/C=C\C/C=C\CCCCC. The molecule has 6 unspecified atom stereocenters. The number of carbonyl (C=O) groups excluding carboxylic acids is 3. The molecular formula is C65H110O12. The molecule has 0 amide bonds. The summed E-state index contributed by atoms with van der Waals surface area (Å²) in [5.41, 5.74) is 0. The minimum atomic E-state index is -1.91. The fourth-order valence-corrected chi connectivity index (χ4v) is 8.94. The van der Waals surface area contributed by atoms with Crippen molar-refractivity contribution < 1.29 is 58.2 Å². The Bertz CT molecular complexity index is 1620. The van der Waals surface area contributed by atoms with E-state index in [2.05, 4.69) is 93.7 Å². The van der Waals surface area contributed by atoms with Gasteiger partial charge in [0.1, 0.15) is 18.8 Å². The number of unbranched alkanes of at least 4 members (excludes halogenated alkanes) is 26. The highest BCUT2D eigenvalue weighted by Gasteiger charge is 2.50. The van der Waals surface area contributed by atoms with Crippen molar-refractivity contribution in [2.45, 2.75) is 302 Å². The number of aliphatic carboxylic acids is 1. The van der Waals surface area contributed by atoms with Crippen LogP contribution in [0.25, 0.3) is 0 Å². The third-order valence-electron chi connectivity index (χ3n) is 13.7. The largest absolute Gasteiger partial charge is 0.479 e. The van der Waals surface area contributed by atoms with Gasteiger partial charge in [-0.25, -0.2) is 4.79 Å². The second-order valence-electron chi connectivity index (χ2n) is 21.0. The average molecular weight is 1080 g/mol. The summed E-state index contributed by atoms with van der Waals surface area (Å²) >= 11 is 0. The number of aliphatic hydroxyl groups is 2. The van der Waals surface area contributed by atoms with Gasteiger partial charge in [-0.2, -0.15) is 0 Å². The summed E-state index contributed by atoms with van der Waals surface area (Å²) in [5.74, 6) is -3.16. The lowest BCUT2D eigenvalue weighted by Crippen LogP contribution is -2.61. The fraction of sp³-hybridized carbons (Fsp3) is 0.754. The minimum absolute atomic E-state index is 0.0419. The maximum Gasteiger partial charge on any atom is 0.335 e. The van der Waals surface area contributed by atoms with E-state index in [-0.39, 0.29) is 25.9 Å². The number of carboxylic acid groups (broad SMARTS) is 1. The molecule has 1 saturated heterocycles. The standard InChI is InChI=1S/C65H110O12/c1-4-7-10-13-16-19-22-25-27-28-29-30-32-35-38-41-44-47-50-53-59(68)76-63-61(70)60(69)62(64(71)72)77-65(63)74-55-56(75-58(67)52-49-46-43-40-37-33-24-21-18-15-12-9-6-3)54-73-57(66)51-48-45-42-39-36-34-31-26-23-20-17-14-11-8-5-2/h12,15-16,19,21,24-27,29-31,56,60-63,65,69-70H,4-11,13-14,17-18,20,22-23,28,32-55H2,1-3H3,(H,71,72)/b15-12-,19-16-,24-21-,27-25-,30-29-,31-26-. The molecule has 0 bridgehead atoms. The van der Waals surface area contributed by atoms with E-state index in [1.54, 1.807) is 0 Å². The summed E-state index contributed by atoms with van der Waals surface area (Å²) in [6.45, 7) is 5.88. The van der Waals surface area contributed by atoms with Crippen LogP contribution in [-0.4, -0.2) is 89.2 Å². The number of esters is 3. The monoisotopic (exact) mass is 1080 g/mol. The predicted molar refractivity (Wildman–Crippen MR) is 312 cm³/mol. The fourth-order valence-electron chi connectivity index (χ4n) is 8.94. The van der Waals surface area contributed by atoms with Gasteiger partial charge in [0.05, 0.1) is 6.61 Å². The van der Waals surface area contributed by atoms with Crippen molar-refractivity contribution in [3.63, 3.8) is 0 Å². The number of ether oxygens (including phenoxy) is 5. The van der Waals surface area contributed by atoms with Crippen molar-refractivity contribution in [1.29, 1.82) is 0 Å². The molecule has 442 valence electrons. The second-order valence-corrected chi connectivity index (χ2v) is 21.0. The number of aliphatic hydroxyl groups excluding tert-OH is 2. The Morgan fingerprint density at radius 3 is 1.27 bits per heavy atom. The molecule has 0 spiro atoms. The number of carboxylic acids is 1. The van der Waals surface area contributed by atoms with Crippen molar-refractivity contribution in [3.05, 3.63) is 72.9 Å². The highest BCUT2D eigenvalue weighted by atomic mass is 16.7. The van der Waals surface area contributed by atoms with E-state index in [1.165, 1.54) is 64.2 Å². The van der Waals surface area contributed by atoms with Gasteiger partial charge in [0.15, 0.2) is 24.6 Å². The highest BCUT2D eigenvalue weighted by Crippen LogP contribution is 2.26. The lowest BCUT2D eigenvalue weighted by molar-refractivity contribution is -0.301. The van der Waals surface area contributed by atoms with Gasteiger partial charge in [-0.15, -0.1) is 0 Å². The Balaban J connectivity index is 2.68. The van der Waals surface area contributed by atoms with Crippen molar-refractivity contribution in [3.8, 4) is 0 Å². The lowest BCUT2D eigenvalue weighted by atomic mass is 9.98. The van der Waals surface area contributed by atoms with Crippen molar-refractivity contribution in [1.82, 2.24) is 0 Å². The molecule has 0 saturated carbocycles. The van der Waals surface area contributed by atoms with Gasteiger partial charge in [0.2, 0.25) is 0 Å². The summed E-state index contributed by atoms with van der Waals surface area (Å²) in [6, 6.07) is 0.